The van der Waals surface area contributed by atoms with E-state index in [4.69, 9.17) is 0 Å². The van der Waals surface area contributed by atoms with E-state index in [9.17, 15) is 18.5 Å². The van der Waals surface area contributed by atoms with Gasteiger partial charge >= 0.3 is 5.69 Å². The van der Waals surface area contributed by atoms with Crippen LogP contribution in [0.5, 0.6) is 0 Å². The van der Waals surface area contributed by atoms with E-state index in [0.717, 1.165) is 5.56 Å². The Morgan fingerprint density at radius 2 is 1.88 bits per heavy atom. The van der Waals surface area contributed by atoms with Crippen LogP contribution >= 0.6 is 0 Å². The molecule has 10 heteroatoms. The fraction of sp³-hybridized carbons (Fsp3) is 0.438. The molecule has 0 amide bonds. The highest BCUT2D eigenvalue weighted by Gasteiger charge is 2.24. The molecule has 0 atom stereocenters. The highest BCUT2D eigenvalue weighted by molar-refractivity contribution is 7.89. The lowest BCUT2D eigenvalue weighted by atomic mass is 10.2. The number of sulfonamides is 1. The second-order valence-corrected chi connectivity index (χ2v) is 8.27. The van der Waals surface area contributed by atoms with E-state index in [2.05, 4.69) is 10.4 Å². The lowest BCUT2D eigenvalue weighted by Crippen LogP contribution is -2.33. The van der Waals surface area contributed by atoms with Gasteiger partial charge in [-0.25, -0.2) is 13.1 Å². The Labute approximate surface area is 152 Å². The van der Waals surface area contributed by atoms with Gasteiger partial charge in [-0.3, -0.25) is 10.1 Å². The second-order valence-electron chi connectivity index (χ2n) is 6.28. The first-order chi connectivity index (χ1) is 12.1. The molecule has 2 aromatic rings. The molecule has 0 fully saturated rings. The van der Waals surface area contributed by atoms with Crippen LogP contribution in [0.3, 0.4) is 0 Å². The van der Waals surface area contributed by atoms with E-state index >= 15 is 0 Å². The molecule has 2 rings (SSSR count). The molecule has 0 aliphatic rings. The summed E-state index contributed by atoms with van der Waals surface area (Å²) >= 11 is 0. The lowest BCUT2D eigenvalue weighted by molar-refractivity contribution is -0.384. The van der Waals surface area contributed by atoms with E-state index in [1.165, 1.54) is 21.1 Å². The molecule has 0 saturated carbocycles. The average Bonchev–Trinajstić information content (AvgIpc) is 2.86. The van der Waals surface area contributed by atoms with Crippen LogP contribution in [-0.2, 0) is 23.6 Å². The van der Waals surface area contributed by atoms with Gasteiger partial charge in [-0.1, -0.05) is 12.1 Å². The maximum absolute atomic E-state index is 12.5. The van der Waals surface area contributed by atoms with Crippen molar-refractivity contribution in [3.63, 3.8) is 0 Å². The summed E-state index contributed by atoms with van der Waals surface area (Å²) in [5.41, 5.74) is 1.06. The number of benzene rings is 1. The lowest BCUT2D eigenvalue weighted by Gasteiger charge is -2.21. The van der Waals surface area contributed by atoms with Crippen molar-refractivity contribution >= 4 is 21.5 Å². The van der Waals surface area contributed by atoms with Crippen LogP contribution in [-0.4, -0.2) is 40.5 Å². The predicted octanol–water partition coefficient (Wildman–Crippen LogP) is 2.28. The monoisotopic (exact) mass is 381 g/mol. The van der Waals surface area contributed by atoms with E-state index in [1.54, 1.807) is 47.0 Å². The minimum Gasteiger partial charge on any atom is -0.360 e. The average molecular weight is 381 g/mol. The fourth-order valence-electron chi connectivity index (χ4n) is 2.47. The van der Waals surface area contributed by atoms with Crippen LogP contribution in [0.25, 0.3) is 0 Å². The Kier molecular flexibility index (Phi) is 5.67. The van der Waals surface area contributed by atoms with Crippen LogP contribution in [0.15, 0.2) is 29.2 Å². The van der Waals surface area contributed by atoms with E-state index < -0.39 is 14.9 Å². The number of rotatable bonds is 7. The fourth-order valence-corrected chi connectivity index (χ4v) is 3.84. The Morgan fingerprint density at radius 1 is 1.31 bits per heavy atom. The highest BCUT2D eigenvalue weighted by atomic mass is 32.2. The van der Waals surface area contributed by atoms with E-state index in [0.29, 0.717) is 18.1 Å². The number of nitro groups is 1. The molecule has 0 saturated heterocycles. The van der Waals surface area contributed by atoms with Gasteiger partial charge in [-0.05, 0) is 38.5 Å². The van der Waals surface area contributed by atoms with Gasteiger partial charge in [-0.2, -0.15) is 9.40 Å². The van der Waals surface area contributed by atoms with Crippen LogP contribution in [0.2, 0.25) is 0 Å². The summed E-state index contributed by atoms with van der Waals surface area (Å²) < 4.78 is 27.6. The van der Waals surface area contributed by atoms with Crippen molar-refractivity contribution in [1.82, 2.24) is 14.1 Å². The number of aromatic nitrogens is 2. The Bertz CT molecular complexity index is 903. The molecule has 0 bridgehead atoms. The maximum Gasteiger partial charge on any atom is 0.333 e. The molecule has 0 aliphatic carbocycles. The maximum atomic E-state index is 12.5. The zero-order chi connectivity index (χ0) is 19.6. The van der Waals surface area contributed by atoms with Crippen LogP contribution < -0.4 is 5.32 Å². The van der Waals surface area contributed by atoms with Gasteiger partial charge in [0.05, 0.1) is 9.82 Å². The van der Waals surface area contributed by atoms with Gasteiger partial charge in [0.25, 0.3) is 0 Å². The van der Waals surface area contributed by atoms with Crippen LogP contribution in [0, 0.1) is 17.0 Å². The van der Waals surface area contributed by atoms with Crippen molar-refractivity contribution in [3.05, 3.63) is 45.6 Å². The van der Waals surface area contributed by atoms with Crippen molar-refractivity contribution < 1.29 is 13.3 Å². The van der Waals surface area contributed by atoms with Gasteiger partial charge in [-0.15, -0.1) is 0 Å². The first-order valence-corrected chi connectivity index (χ1v) is 9.48. The topological polar surface area (TPSA) is 110 Å². The number of hydrogen-bond acceptors (Lipinski definition) is 6. The number of anilines is 1. The Hall–Kier alpha value is -2.46. The summed E-state index contributed by atoms with van der Waals surface area (Å²) in [6.45, 7) is 5.49. The molecule has 1 N–H and O–H groups in total. The van der Waals surface area contributed by atoms with E-state index in [-0.39, 0.29) is 16.6 Å². The van der Waals surface area contributed by atoms with Crippen molar-refractivity contribution in [2.45, 2.75) is 38.3 Å². The molecule has 1 aromatic heterocycles. The van der Waals surface area contributed by atoms with Gasteiger partial charge in [0.15, 0.2) is 0 Å². The second kappa shape index (κ2) is 7.42. The molecule has 0 radical (unpaired) electrons. The number of nitrogens with zero attached hydrogens (tertiary/aromatic N) is 4. The normalized spacial score (nSPS) is 12.0. The minimum atomic E-state index is -3.53. The summed E-state index contributed by atoms with van der Waals surface area (Å²) in [5, 5.41) is 18.2. The molecule has 0 aliphatic heterocycles. The van der Waals surface area contributed by atoms with Crippen molar-refractivity contribution in [3.8, 4) is 0 Å². The Morgan fingerprint density at radius 3 is 2.38 bits per heavy atom. The zero-order valence-electron chi connectivity index (χ0n) is 15.4. The summed E-state index contributed by atoms with van der Waals surface area (Å²) in [7, 11) is -0.368. The first kappa shape index (κ1) is 19.9. The third kappa shape index (κ3) is 3.86. The van der Waals surface area contributed by atoms with Gasteiger partial charge < -0.3 is 5.32 Å². The summed E-state index contributed by atoms with van der Waals surface area (Å²) in [4.78, 5) is 10.9. The molecular weight excluding hydrogens is 358 g/mol. The van der Waals surface area contributed by atoms with Crippen molar-refractivity contribution in [2.24, 2.45) is 7.05 Å². The first-order valence-electron chi connectivity index (χ1n) is 8.04. The van der Waals surface area contributed by atoms with Gasteiger partial charge in [0.1, 0.15) is 5.69 Å². The zero-order valence-corrected chi connectivity index (χ0v) is 16.2. The molecule has 142 valence electrons. The third-order valence-corrected chi connectivity index (χ3v) is 6.21. The SMILES string of the molecule is Cc1nn(C)c(NCc2ccc(S(=O)(=O)N(C)C(C)C)cc2)c1[N+](=O)[O-]. The van der Waals surface area contributed by atoms with Crippen LogP contribution in [0.1, 0.15) is 25.1 Å². The smallest absolute Gasteiger partial charge is 0.333 e. The number of aryl methyl sites for hydroxylation is 2. The molecule has 1 aromatic carbocycles. The standard InChI is InChI=1S/C16H23N5O4S/c1-11(2)20(5)26(24,25)14-8-6-13(7-9-14)10-17-16-15(21(22)23)12(3)18-19(16)4/h6-9,11,17H,10H2,1-5H3. The van der Waals surface area contributed by atoms with Crippen molar-refractivity contribution in [1.29, 1.82) is 0 Å². The summed E-state index contributed by atoms with van der Waals surface area (Å²) in [6, 6.07) is 6.30. The van der Waals surface area contributed by atoms with E-state index in [1.807, 2.05) is 0 Å². The summed E-state index contributed by atoms with van der Waals surface area (Å²) in [5.74, 6) is 0.309. The molecule has 9 nitrogen and oxygen atoms in total. The molecule has 26 heavy (non-hydrogen) atoms. The quantitative estimate of drug-likeness (QED) is 0.582. The third-order valence-electron chi connectivity index (χ3n) is 4.16. The number of hydrogen-bond donors (Lipinski definition) is 1. The highest BCUT2D eigenvalue weighted by Crippen LogP contribution is 2.27. The Balaban J connectivity index is 2.18. The molecular formula is C16H23N5O4S. The minimum absolute atomic E-state index is 0.0646. The molecule has 1 heterocycles. The van der Waals surface area contributed by atoms with Gasteiger partial charge in [0.2, 0.25) is 15.8 Å². The van der Waals surface area contributed by atoms with Crippen molar-refractivity contribution in [2.75, 3.05) is 12.4 Å². The predicted molar refractivity (Wildman–Crippen MR) is 98.5 cm³/mol. The molecule has 0 spiro atoms. The molecule has 0 unspecified atom stereocenters. The van der Waals surface area contributed by atoms with Gasteiger partial charge in [0, 0.05) is 26.7 Å². The largest absolute Gasteiger partial charge is 0.360 e. The number of nitrogens with one attached hydrogen (secondary N) is 1. The summed E-state index contributed by atoms with van der Waals surface area (Å²) in [6.07, 6.45) is 0. The van der Waals surface area contributed by atoms with Crippen LogP contribution in [0.4, 0.5) is 11.5 Å².